The van der Waals surface area contributed by atoms with Crippen LogP contribution in [-0.4, -0.2) is 45.6 Å². The van der Waals surface area contributed by atoms with Crippen LogP contribution in [0.3, 0.4) is 0 Å². The average molecular weight is 235 g/mol. The Kier molecular flexibility index (Phi) is 3.68. The van der Waals surface area contributed by atoms with Crippen molar-refractivity contribution in [3.8, 4) is 0 Å². The molecule has 0 radical (unpaired) electrons. The highest BCUT2D eigenvalue weighted by Gasteiger charge is 2.27. The molecule has 0 aliphatic carbocycles. The summed E-state index contributed by atoms with van der Waals surface area (Å²) >= 11 is 0. The van der Waals surface area contributed by atoms with E-state index in [2.05, 4.69) is 9.97 Å². The molecule has 2 heterocycles. The number of aromatic nitrogens is 2. The number of hydrogen-bond acceptors (Lipinski definition) is 4. The van der Waals surface area contributed by atoms with Crippen molar-refractivity contribution in [3.05, 3.63) is 23.8 Å². The molecule has 0 aromatic carbocycles. The van der Waals surface area contributed by atoms with E-state index < -0.39 is 0 Å². The van der Waals surface area contributed by atoms with Gasteiger partial charge in [0.1, 0.15) is 5.69 Å². The number of carbonyl (C=O) groups is 1. The fraction of sp³-hybridized carbons (Fsp3) is 0.583. The van der Waals surface area contributed by atoms with Crippen LogP contribution < -0.4 is 0 Å². The first-order valence-electron chi connectivity index (χ1n) is 5.89. The predicted molar refractivity (Wildman–Crippen MR) is 62.5 cm³/mol. The zero-order valence-electron chi connectivity index (χ0n) is 9.96. The van der Waals surface area contributed by atoms with Crippen molar-refractivity contribution >= 4 is 5.91 Å². The van der Waals surface area contributed by atoms with Gasteiger partial charge in [-0.05, 0) is 25.7 Å². The average Bonchev–Trinajstić information content (AvgIpc) is 2.78. The molecule has 0 bridgehead atoms. The van der Waals surface area contributed by atoms with Gasteiger partial charge in [-0.25, -0.2) is 4.98 Å². The van der Waals surface area contributed by atoms with Gasteiger partial charge in [-0.3, -0.25) is 9.78 Å². The fourth-order valence-corrected chi connectivity index (χ4v) is 2.10. The maximum Gasteiger partial charge on any atom is 0.274 e. The van der Waals surface area contributed by atoms with Crippen molar-refractivity contribution in [2.45, 2.75) is 19.8 Å². The molecule has 92 valence electrons. The molecule has 0 saturated carbocycles. The molecule has 2 rings (SSSR count). The van der Waals surface area contributed by atoms with E-state index >= 15 is 0 Å². The molecule has 1 amide bonds. The molecule has 1 aliphatic heterocycles. The lowest BCUT2D eigenvalue weighted by Gasteiger charge is -2.15. The number of rotatable bonds is 3. The number of carbonyl (C=O) groups excluding carboxylic acids is 1. The van der Waals surface area contributed by atoms with E-state index in [1.165, 1.54) is 6.20 Å². The second-order valence-corrected chi connectivity index (χ2v) is 4.46. The summed E-state index contributed by atoms with van der Waals surface area (Å²) in [7, 11) is 0. The minimum atomic E-state index is -0.0575. The largest absolute Gasteiger partial charge is 0.396 e. The quantitative estimate of drug-likeness (QED) is 0.834. The van der Waals surface area contributed by atoms with E-state index in [1.807, 2.05) is 6.92 Å². The van der Waals surface area contributed by atoms with Gasteiger partial charge in [-0.1, -0.05) is 0 Å². The highest BCUT2D eigenvalue weighted by molar-refractivity contribution is 5.92. The molecule has 17 heavy (non-hydrogen) atoms. The lowest BCUT2D eigenvalue weighted by molar-refractivity contribution is 0.0778. The Labute approximate surface area is 100 Å². The molecule has 1 aliphatic rings. The first-order valence-corrected chi connectivity index (χ1v) is 5.89. The van der Waals surface area contributed by atoms with Crippen LogP contribution in [0.2, 0.25) is 0 Å². The first kappa shape index (κ1) is 12.0. The normalized spacial score (nSPS) is 19.6. The van der Waals surface area contributed by atoms with Crippen molar-refractivity contribution in [1.29, 1.82) is 0 Å². The van der Waals surface area contributed by atoms with E-state index in [0.29, 0.717) is 11.6 Å². The van der Waals surface area contributed by atoms with Gasteiger partial charge in [0.15, 0.2) is 0 Å². The summed E-state index contributed by atoms with van der Waals surface area (Å²) in [6, 6.07) is 0. The molecule has 1 aromatic rings. The number of aryl methyl sites for hydroxylation is 1. The Morgan fingerprint density at radius 1 is 1.53 bits per heavy atom. The number of nitrogens with zero attached hydrogens (tertiary/aromatic N) is 3. The number of aliphatic hydroxyl groups excluding tert-OH is 1. The van der Waals surface area contributed by atoms with Gasteiger partial charge in [0.2, 0.25) is 0 Å². The molecule has 1 N–H and O–H groups in total. The second kappa shape index (κ2) is 5.23. The zero-order chi connectivity index (χ0) is 12.3. The Morgan fingerprint density at radius 2 is 2.35 bits per heavy atom. The number of hydrogen-bond donors (Lipinski definition) is 1. The summed E-state index contributed by atoms with van der Waals surface area (Å²) in [4.78, 5) is 22.0. The van der Waals surface area contributed by atoms with Crippen LogP contribution in [0.1, 0.15) is 29.0 Å². The van der Waals surface area contributed by atoms with Gasteiger partial charge >= 0.3 is 0 Å². The van der Waals surface area contributed by atoms with Gasteiger partial charge in [-0.15, -0.1) is 0 Å². The van der Waals surface area contributed by atoms with Crippen molar-refractivity contribution in [1.82, 2.24) is 14.9 Å². The predicted octanol–water partition coefficient (Wildman–Crippen LogP) is 0.630. The van der Waals surface area contributed by atoms with Gasteiger partial charge in [0.25, 0.3) is 5.91 Å². The Balaban J connectivity index is 1.99. The summed E-state index contributed by atoms with van der Waals surface area (Å²) in [6.07, 6.45) is 4.86. The molecule has 1 fully saturated rings. The van der Waals surface area contributed by atoms with Crippen molar-refractivity contribution in [2.75, 3.05) is 19.7 Å². The highest BCUT2D eigenvalue weighted by Crippen LogP contribution is 2.20. The van der Waals surface area contributed by atoms with Gasteiger partial charge < -0.3 is 10.0 Å². The maximum absolute atomic E-state index is 12.1. The molecule has 0 spiro atoms. The Bertz CT molecular complexity index is 391. The van der Waals surface area contributed by atoms with Crippen LogP contribution in [0.15, 0.2) is 12.4 Å². The van der Waals surface area contributed by atoms with Gasteiger partial charge in [-0.2, -0.15) is 0 Å². The summed E-state index contributed by atoms with van der Waals surface area (Å²) in [6.45, 7) is 3.50. The van der Waals surface area contributed by atoms with Gasteiger partial charge in [0.05, 0.1) is 11.9 Å². The van der Waals surface area contributed by atoms with Crippen LogP contribution >= 0.6 is 0 Å². The van der Waals surface area contributed by atoms with Crippen LogP contribution in [0.4, 0.5) is 0 Å². The maximum atomic E-state index is 12.1. The van der Waals surface area contributed by atoms with Crippen molar-refractivity contribution < 1.29 is 9.90 Å². The summed E-state index contributed by atoms with van der Waals surface area (Å²) in [5, 5.41) is 8.87. The lowest BCUT2D eigenvalue weighted by atomic mass is 10.1. The number of amides is 1. The third-order valence-corrected chi connectivity index (χ3v) is 3.11. The van der Waals surface area contributed by atoms with E-state index in [-0.39, 0.29) is 12.5 Å². The standard InChI is InChI=1S/C12H17N3O2/c1-9-6-14-11(7-13-9)12(17)15-4-2-10(8-15)3-5-16/h6-7,10,16H,2-5,8H2,1H3. The molecule has 1 aromatic heterocycles. The molecule has 1 unspecified atom stereocenters. The minimum absolute atomic E-state index is 0.0575. The van der Waals surface area contributed by atoms with Crippen molar-refractivity contribution in [2.24, 2.45) is 5.92 Å². The summed E-state index contributed by atoms with van der Waals surface area (Å²) < 4.78 is 0. The van der Waals surface area contributed by atoms with E-state index in [4.69, 9.17) is 5.11 Å². The van der Waals surface area contributed by atoms with E-state index in [9.17, 15) is 4.79 Å². The molecule has 1 saturated heterocycles. The topological polar surface area (TPSA) is 66.3 Å². The van der Waals surface area contributed by atoms with Crippen LogP contribution in [0.25, 0.3) is 0 Å². The Hall–Kier alpha value is -1.49. The SMILES string of the molecule is Cc1cnc(C(=O)N2CCC(CCO)C2)cn1. The minimum Gasteiger partial charge on any atom is -0.396 e. The third-order valence-electron chi connectivity index (χ3n) is 3.11. The van der Waals surface area contributed by atoms with Crippen LogP contribution in [0.5, 0.6) is 0 Å². The second-order valence-electron chi connectivity index (χ2n) is 4.46. The highest BCUT2D eigenvalue weighted by atomic mass is 16.3. The molecule has 5 heteroatoms. The summed E-state index contributed by atoms with van der Waals surface area (Å²) in [5.41, 5.74) is 1.21. The monoisotopic (exact) mass is 235 g/mol. The smallest absolute Gasteiger partial charge is 0.274 e. The van der Waals surface area contributed by atoms with E-state index in [0.717, 1.165) is 31.6 Å². The third kappa shape index (κ3) is 2.79. The van der Waals surface area contributed by atoms with E-state index in [1.54, 1.807) is 11.1 Å². The van der Waals surface area contributed by atoms with Crippen molar-refractivity contribution in [3.63, 3.8) is 0 Å². The Morgan fingerprint density at radius 3 is 3.00 bits per heavy atom. The molecule has 1 atom stereocenters. The van der Waals surface area contributed by atoms with Gasteiger partial charge in [0, 0.05) is 25.9 Å². The lowest BCUT2D eigenvalue weighted by Crippen LogP contribution is -2.29. The fourth-order valence-electron chi connectivity index (χ4n) is 2.10. The first-order chi connectivity index (χ1) is 8.20. The van der Waals surface area contributed by atoms with Crippen LogP contribution in [0, 0.1) is 12.8 Å². The molecule has 5 nitrogen and oxygen atoms in total. The zero-order valence-corrected chi connectivity index (χ0v) is 9.96. The number of aliphatic hydroxyl groups is 1. The van der Waals surface area contributed by atoms with Crippen LogP contribution in [-0.2, 0) is 0 Å². The molecular formula is C12H17N3O2. The summed E-state index contributed by atoms with van der Waals surface area (Å²) in [5.74, 6) is 0.361. The number of likely N-dealkylation sites (tertiary alicyclic amines) is 1. The molecular weight excluding hydrogens is 218 g/mol.